The molecular weight excluding hydrogens is 250 g/mol. The van der Waals surface area contributed by atoms with Crippen LogP contribution in [0.5, 0.6) is 0 Å². The number of nitrogens with one attached hydrogen (secondary N) is 1. The van der Waals surface area contributed by atoms with Crippen LogP contribution < -0.4 is 5.32 Å². The molecule has 0 aliphatic carbocycles. The number of amides is 1. The van der Waals surface area contributed by atoms with Crippen LogP contribution in [0.1, 0.15) is 34.1 Å². The van der Waals surface area contributed by atoms with Gasteiger partial charge in [0.05, 0.1) is 25.2 Å². The molecule has 0 aliphatic rings. The van der Waals surface area contributed by atoms with Crippen LogP contribution >= 0.6 is 0 Å². The van der Waals surface area contributed by atoms with Crippen LogP contribution in [0.2, 0.25) is 0 Å². The molecule has 0 saturated carbocycles. The van der Waals surface area contributed by atoms with E-state index in [1.165, 1.54) is 0 Å². The largest absolute Gasteiger partial charge is 0.481 e. The van der Waals surface area contributed by atoms with Gasteiger partial charge in [-0.3, -0.25) is 9.59 Å². The van der Waals surface area contributed by atoms with Crippen molar-refractivity contribution in [3.8, 4) is 0 Å². The maximum absolute atomic E-state index is 11.7. The van der Waals surface area contributed by atoms with Gasteiger partial charge in [0.1, 0.15) is 6.61 Å². The fraction of sp³-hybridized carbons (Fsp3) is 0.846. The van der Waals surface area contributed by atoms with Gasteiger partial charge in [-0.2, -0.15) is 0 Å². The van der Waals surface area contributed by atoms with Crippen molar-refractivity contribution in [2.24, 2.45) is 5.92 Å². The van der Waals surface area contributed by atoms with E-state index in [1.807, 2.05) is 20.8 Å². The zero-order chi connectivity index (χ0) is 14.9. The second-order valence-corrected chi connectivity index (χ2v) is 4.94. The van der Waals surface area contributed by atoms with Gasteiger partial charge in [-0.15, -0.1) is 0 Å². The van der Waals surface area contributed by atoms with Crippen molar-refractivity contribution in [1.29, 1.82) is 0 Å². The van der Waals surface area contributed by atoms with E-state index in [4.69, 9.17) is 14.6 Å². The molecule has 19 heavy (non-hydrogen) atoms. The van der Waals surface area contributed by atoms with Gasteiger partial charge < -0.3 is 19.9 Å². The second kappa shape index (κ2) is 8.87. The third-order valence-corrected chi connectivity index (χ3v) is 3.03. The molecule has 112 valence electrons. The number of aliphatic carboxylic acids is 1. The summed E-state index contributed by atoms with van der Waals surface area (Å²) >= 11 is 0. The zero-order valence-electron chi connectivity index (χ0n) is 12.2. The molecule has 6 heteroatoms. The summed E-state index contributed by atoms with van der Waals surface area (Å²) in [6, 6.07) is 0. The molecule has 0 aromatic carbocycles. The number of rotatable bonds is 10. The Balaban J connectivity index is 4.14. The first-order valence-electron chi connectivity index (χ1n) is 6.50. The Hall–Kier alpha value is -1.14. The molecule has 0 radical (unpaired) electrons. The van der Waals surface area contributed by atoms with Crippen LogP contribution in [0.4, 0.5) is 0 Å². The molecule has 0 aromatic heterocycles. The van der Waals surface area contributed by atoms with E-state index in [0.29, 0.717) is 19.8 Å². The average Bonchev–Trinajstić information content (AvgIpc) is 2.27. The molecule has 0 rings (SSSR count). The predicted molar refractivity (Wildman–Crippen MR) is 71.0 cm³/mol. The molecule has 6 nitrogen and oxygen atoms in total. The van der Waals surface area contributed by atoms with E-state index < -0.39 is 11.5 Å². The Morgan fingerprint density at radius 1 is 1.26 bits per heavy atom. The van der Waals surface area contributed by atoms with Gasteiger partial charge in [0.25, 0.3) is 0 Å². The number of hydrogen-bond acceptors (Lipinski definition) is 4. The minimum Gasteiger partial charge on any atom is -0.481 e. The first-order chi connectivity index (χ1) is 8.81. The lowest BCUT2D eigenvalue weighted by Crippen LogP contribution is -2.52. The van der Waals surface area contributed by atoms with E-state index in [9.17, 15) is 9.59 Å². The SMILES string of the molecule is CCOCCOCC(=O)NC(C)(CC(=O)O)C(C)C. The summed E-state index contributed by atoms with van der Waals surface area (Å²) in [5, 5.41) is 11.6. The molecule has 0 bridgehead atoms. The number of carboxylic acid groups (broad SMARTS) is 1. The van der Waals surface area contributed by atoms with Gasteiger partial charge in [-0.1, -0.05) is 13.8 Å². The lowest BCUT2D eigenvalue weighted by Gasteiger charge is -2.33. The van der Waals surface area contributed by atoms with Crippen LogP contribution in [-0.2, 0) is 19.1 Å². The molecule has 1 atom stereocenters. The van der Waals surface area contributed by atoms with Crippen LogP contribution in [0.3, 0.4) is 0 Å². The fourth-order valence-electron chi connectivity index (χ4n) is 1.49. The Morgan fingerprint density at radius 3 is 2.32 bits per heavy atom. The van der Waals surface area contributed by atoms with Gasteiger partial charge in [0.2, 0.25) is 5.91 Å². The lowest BCUT2D eigenvalue weighted by molar-refractivity contribution is -0.140. The monoisotopic (exact) mass is 275 g/mol. The van der Waals surface area contributed by atoms with Crippen LogP contribution in [-0.4, -0.2) is 48.9 Å². The molecular formula is C13H25NO5. The highest BCUT2D eigenvalue weighted by Crippen LogP contribution is 2.20. The van der Waals surface area contributed by atoms with Crippen molar-refractivity contribution < 1.29 is 24.2 Å². The highest BCUT2D eigenvalue weighted by Gasteiger charge is 2.32. The smallest absolute Gasteiger partial charge is 0.305 e. The van der Waals surface area contributed by atoms with Crippen molar-refractivity contribution in [3.63, 3.8) is 0 Å². The van der Waals surface area contributed by atoms with Crippen molar-refractivity contribution in [3.05, 3.63) is 0 Å². The van der Waals surface area contributed by atoms with Crippen LogP contribution in [0.15, 0.2) is 0 Å². The van der Waals surface area contributed by atoms with Gasteiger partial charge in [0.15, 0.2) is 0 Å². The highest BCUT2D eigenvalue weighted by atomic mass is 16.5. The number of carbonyl (C=O) groups is 2. The van der Waals surface area contributed by atoms with E-state index in [-0.39, 0.29) is 24.9 Å². The number of hydrogen-bond donors (Lipinski definition) is 2. The molecule has 0 saturated heterocycles. The van der Waals surface area contributed by atoms with Crippen molar-refractivity contribution in [2.75, 3.05) is 26.4 Å². The Morgan fingerprint density at radius 2 is 1.84 bits per heavy atom. The third kappa shape index (κ3) is 7.79. The summed E-state index contributed by atoms with van der Waals surface area (Å²) < 4.78 is 10.2. The zero-order valence-corrected chi connectivity index (χ0v) is 12.2. The van der Waals surface area contributed by atoms with Gasteiger partial charge >= 0.3 is 5.97 Å². The van der Waals surface area contributed by atoms with Gasteiger partial charge in [0, 0.05) is 6.61 Å². The number of carboxylic acids is 1. The molecule has 2 N–H and O–H groups in total. The lowest BCUT2D eigenvalue weighted by atomic mass is 9.85. The van der Waals surface area contributed by atoms with Crippen molar-refractivity contribution in [1.82, 2.24) is 5.32 Å². The number of ether oxygens (including phenoxy) is 2. The van der Waals surface area contributed by atoms with Crippen LogP contribution in [0, 0.1) is 5.92 Å². The van der Waals surface area contributed by atoms with E-state index in [2.05, 4.69) is 5.32 Å². The topological polar surface area (TPSA) is 84.9 Å². The van der Waals surface area contributed by atoms with Gasteiger partial charge in [-0.05, 0) is 19.8 Å². The summed E-state index contributed by atoms with van der Waals surface area (Å²) in [6.45, 7) is 8.67. The van der Waals surface area contributed by atoms with E-state index in [0.717, 1.165) is 0 Å². The summed E-state index contributed by atoms with van der Waals surface area (Å²) in [5.74, 6) is -1.24. The molecule has 0 heterocycles. The van der Waals surface area contributed by atoms with Crippen LogP contribution in [0.25, 0.3) is 0 Å². The molecule has 0 aromatic rings. The summed E-state index contributed by atoms with van der Waals surface area (Å²) in [4.78, 5) is 22.5. The minimum atomic E-state index is -0.936. The maximum atomic E-state index is 11.7. The first kappa shape index (κ1) is 17.9. The van der Waals surface area contributed by atoms with E-state index >= 15 is 0 Å². The normalized spacial score (nSPS) is 14.2. The average molecular weight is 275 g/mol. The minimum absolute atomic E-state index is 0.0102. The summed E-state index contributed by atoms with van der Waals surface area (Å²) in [5.41, 5.74) is -0.772. The quantitative estimate of drug-likeness (QED) is 0.582. The Kier molecular flexibility index (Phi) is 8.34. The highest BCUT2D eigenvalue weighted by molar-refractivity contribution is 5.79. The van der Waals surface area contributed by atoms with E-state index in [1.54, 1.807) is 6.92 Å². The fourth-order valence-corrected chi connectivity index (χ4v) is 1.49. The van der Waals surface area contributed by atoms with Gasteiger partial charge in [-0.25, -0.2) is 0 Å². The predicted octanol–water partition coefficient (Wildman–Crippen LogP) is 1.05. The molecule has 0 spiro atoms. The summed E-state index contributed by atoms with van der Waals surface area (Å²) in [6.07, 6.45) is -0.116. The van der Waals surface area contributed by atoms with Crippen molar-refractivity contribution in [2.45, 2.75) is 39.7 Å². The number of carbonyl (C=O) groups excluding carboxylic acids is 1. The Labute approximate surface area is 114 Å². The maximum Gasteiger partial charge on any atom is 0.305 e. The molecule has 1 amide bonds. The molecule has 0 aliphatic heterocycles. The Bertz CT molecular complexity index is 293. The standard InChI is InChI=1S/C13H25NO5/c1-5-18-6-7-19-9-11(15)14-13(4,10(2)3)8-12(16)17/h10H,5-9H2,1-4H3,(H,14,15)(H,16,17). The molecule has 0 fully saturated rings. The summed E-state index contributed by atoms with van der Waals surface area (Å²) in [7, 11) is 0. The third-order valence-electron chi connectivity index (χ3n) is 3.03. The first-order valence-corrected chi connectivity index (χ1v) is 6.50. The van der Waals surface area contributed by atoms with Crippen molar-refractivity contribution >= 4 is 11.9 Å². The molecule has 1 unspecified atom stereocenters. The second-order valence-electron chi connectivity index (χ2n) is 4.94.